The van der Waals surface area contributed by atoms with Crippen LogP contribution in [-0.2, 0) is 16.4 Å². The Kier molecular flexibility index (Phi) is 6.86. The fraction of sp³-hybridized carbons (Fsp3) is 0.467. The number of nitriles is 1. The Balaban J connectivity index is 2.46. The zero-order chi connectivity index (χ0) is 16.6. The monoisotopic (exact) mass is 322 g/mol. The number of nitrogens with zero attached hydrogens (tertiary/aromatic N) is 2. The van der Waals surface area contributed by atoms with E-state index in [1.54, 1.807) is 19.2 Å². The second kappa shape index (κ2) is 8.39. The maximum atomic E-state index is 11.2. The molecule has 1 aromatic rings. The minimum Gasteiger partial charge on any atom is -0.354 e. The standard InChI is InChI=1S/C15H22N4O2S/c1-12(8-9-22(3,20)21)19-15(17-2)18-11-14-6-4-13(10-16)5-7-14/h4-7,12H,8-9,11H2,1-3H3,(H2,17,18,19). The second-order valence-corrected chi connectivity index (χ2v) is 7.46. The van der Waals surface area contributed by atoms with Crippen LogP contribution >= 0.6 is 0 Å². The van der Waals surface area contributed by atoms with Crippen LogP contribution in [0.25, 0.3) is 0 Å². The normalized spacial score (nSPS) is 13.3. The molecule has 0 aromatic heterocycles. The summed E-state index contributed by atoms with van der Waals surface area (Å²) in [6.07, 6.45) is 1.76. The van der Waals surface area contributed by atoms with Crippen molar-refractivity contribution in [3.05, 3.63) is 35.4 Å². The van der Waals surface area contributed by atoms with Crippen molar-refractivity contribution in [3.63, 3.8) is 0 Å². The number of guanidine groups is 1. The van der Waals surface area contributed by atoms with E-state index >= 15 is 0 Å². The molecule has 0 aliphatic carbocycles. The van der Waals surface area contributed by atoms with Gasteiger partial charge >= 0.3 is 0 Å². The average molecular weight is 322 g/mol. The Hall–Kier alpha value is -2.07. The van der Waals surface area contributed by atoms with Crippen LogP contribution in [0.15, 0.2) is 29.3 Å². The van der Waals surface area contributed by atoms with Crippen LogP contribution < -0.4 is 10.6 Å². The summed E-state index contributed by atoms with van der Waals surface area (Å²) in [6.45, 7) is 2.49. The molecule has 1 atom stereocenters. The molecule has 0 saturated carbocycles. The summed E-state index contributed by atoms with van der Waals surface area (Å²) in [5, 5.41) is 15.1. The average Bonchev–Trinajstić information content (AvgIpc) is 2.49. The van der Waals surface area contributed by atoms with Crippen LogP contribution in [0.4, 0.5) is 0 Å². The molecule has 0 saturated heterocycles. The summed E-state index contributed by atoms with van der Waals surface area (Å²) in [5.41, 5.74) is 1.66. The van der Waals surface area contributed by atoms with Gasteiger partial charge in [0.1, 0.15) is 9.84 Å². The summed E-state index contributed by atoms with van der Waals surface area (Å²) >= 11 is 0. The number of hydrogen-bond donors (Lipinski definition) is 2. The van der Waals surface area contributed by atoms with Crippen molar-refractivity contribution < 1.29 is 8.42 Å². The van der Waals surface area contributed by atoms with E-state index in [0.29, 0.717) is 24.5 Å². The number of hydrogen-bond acceptors (Lipinski definition) is 4. The van der Waals surface area contributed by atoms with Gasteiger partial charge in [0.05, 0.1) is 17.4 Å². The number of benzene rings is 1. The van der Waals surface area contributed by atoms with Crippen molar-refractivity contribution in [2.45, 2.75) is 25.9 Å². The molecule has 0 bridgehead atoms. The maximum absolute atomic E-state index is 11.2. The summed E-state index contributed by atoms with van der Waals surface area (Å²) in [6, 6.07) is 9.37. The van der Waals surface area contributed by atoms with Gasteiger partial charge in [-0.2, -0.15) is 5.26 Å². The third-order valence-electron chi connectivity index (χ3n) is 3.07. The van der Waals surface area contributed by atoms with Gasteiger partial charge in [-0.1, -0.05) is 12.1 Å². The molecular formula is C15H22N4O2S. The molecule has 0 fully saturated rings. The molecule has 0 amide bonds. The minimum absolute atomic E-state index is 0.00175. The smallest absolute Gasteiger partial charge is 0.191 e. The molecular weight excluding hydrogens is 300 g/mol. The van der Waals surface area contributed by atoms with Crippen molar-refractivity contribution in [2.75, 3.05) is 19.1 Å². The highest BCUT2D eigenvalue weighted by Gasteiger charge is 2.09. The number of nitrogens with one attached hydrogen (secondary N) is 2. The van der Waals surface area contributed by atoms with E-state index in [1.165, 1.54) is 6.26 Å². The highest BCUT2D eigenvalue weighted by atomic mass is 32.2. The summed E-state index contributed by atoms with van der Waals surface area (Å²) in [4.78, 5) is 4.11. The molecule has 2 N–H and O–H groups in total. The quantitative estimate of drug-likeness (QED) is 0.603. The fourth-order valence-electron chi connectivity index (χ4n) is 1.77. The van der Waals surface area contributed by atoms with Crippen LogP contribution in [0.3, 0.4) is 0 Å². The van der Waals surface area contributed by atoms with E-state index in [-0.39, 0.29) is 11.8 Å². The third kappa shape index (κ3) is 7.09. The fourth-order valence-corrected chi connectivity index (χ4v) is 2.56. The van der Waals surface area contributed by atoms with Crippen molar-refractivity contribution in [1.82, 2.24) is 10.6 Å². The Labute approximate surface area is 132 Å². The first-order valence-corrected chi connectivity index (χ1v) is 9.04. The van der Waals surface area contributed by atoms with Gasteiger partial charge in [-0.05, 0) is 31.0 Å². The predicted octanol–water partition coefficient (Wildman–Crippen LogP) is 1.05. The van der Waals surface area contributed by atoms with Gasteiger partial charge in [0.2, 0.25) is 0 Å². The van der Waals surface area contributed by atoms with Crippen molar-refractivity contribution >= 4 is 15.8 Å². The Morgan fingerprint density at radius 3 is 2.50 bits per heavy atom. The van der Waals surface area contributed by atoms with Crippen molar-refractivity contribution in [3.8, 4) is 6.07 Å². The van der Waals surface area contributed by atoms with Gasteiger partial charge < -0.3 is 10.6 Å². The molecule has 1 aromatic carbocycles. The van der Waals surface area contributed by atoms with Gasteiger partial charge in [0, 0.05) is 25.9 Å². The molecule has 0 heterocycles. The maximum Gasteiger partial charge on any atom is 0.191 e. The molecule has 1 unspecified atom stereocenters. The SMILES string of the molecule is CN=C(NCc1ccc(C#N)cc1)NC(C)CCS(C)(=O)=O. The van der Waals surface area contributed by atoms with Gasteiger partial charge in [-0.25, -0.2) is 8.42 Å². The third-order valence-corrected chi connectivity index (χ3v) is 4.05. The van der Waals surface area contributed by atoms with Crippen LogP contribution in [0.1, 0.15) is 24.5 Å². The molecule has 22 heavy (non-hydrogen) atoms. The van der Waals surface area contributed by atoms with E-state index in [0.717, 1.165) is 5.56 Å². The van der Waals surface area contributed by atoms with Crippen LogP contribution in [0.5, 0.6) is 0 Å². The summed E-state index contributed by atoms with van der Waals surface area (Å²) in [7, 11) is -1.29. The van der Waals surface area contributed by atoms with Gasteiger partial charge in [0.25, 0.3) is 0 Å². The number of sulfone groups is 1. The molecule has 0 aliphatic heterocycles. The largest absolute Gasteiger partial charge is 0.354 e. The molecule has 0 aliphatic rings. The van der Waals surface area contributed by atoms with Crippen LogP contribution in [0, 0.1) is 11.3 Å². The lowest BCUT2D eigenvalue weighted by atomic mass is 10.1. The zero-order valence-electron chi connectivity index (χ0n) is 13.1. The van der Waals surface area contributed by atoms with Crippen LogP contribution in [0.2, 0.25) is 0 Å². The zero-order valence-corrected chi connectivity index (χ0v) is 13.9. The lowest BCUT2D eigenvalue weighted by molar-refractivity contribution is 0.581. The first kappa shape index (κ1) is 18.0. The molecule has 7 heteroatoms. The van der Waals surface area contributed by atoms with Gasteiger partial charge in [0.15, 0.2) is 5.96 Å². The lowest BCUT2D eigenvalue weighted by Crippen LogP contribution is -2.42. The first-order chi connectivity index (χ1) is 10.3. The topological polar surface area (TPSA) is 94.3 Å². The highest BCUT2D eigenvalue weighted by molar-refractivity contribution is 7.90. The van der Waals surface area contributed by atoms with E-state index < -0.39 is 9.84 Å². The van der Waals surface area contributed by atoms with E-state index in [1.807, 2.05) is 19.1 Å². The Morgan fingerprint density at radius 2 is 2.00 bits per heavy atom. The lowest BCUT2D eigenvalue weighted by Gasteiger charge is -2.17. The molecule has 0 spiro atoms. The molecule has 6 nitrogen and oxygen atoms in total. The van der Waals surface area contributed by atoms with E-state index in [9.17, 15) is 8.42 Å². The van der Waals surface area contributed by atoms with Gasteiger partial charge in [-0.3, -0.25) is 4.99 Å². The van der Waals surface area contributed by atoms with Crippen molar-refractivity contribution in [1.29, 1.82) is 5.26 Å². The molecule has 0 radical (unpaired) electrons. The minimum atomic E-state index is -2.95. The molecule has 1 rings (SSSR count). The summed E-state index contributed by atoms with van der Waals surface area (Å²) in [5.74, 6) is 0.763. The Morgan fingerprint density at radius 1 is 1.36 bits per heavy atom. The number of aliphatic imine (C=N–C) groups is 1. The van der Waals surface area contributed by atoms with Crippen molar-refractivity contribution in [2.24, 2.45) is 4.99 Å². The second-order valence-electron chi connectivity index (χ2n) is 5.20. The predicted molar refractivity (Wildman–Crippen MR) is 88.3 cm³/mol. The van der Waals surface area contributed by atoms with E-state index in [2.05, 4.69) is 21.7 Å². The van der Waals surface area contributed by atoms with Crippen LogP contribution in [-0.4, -0.2) is 39.5 Å². The first-order valence-electron chi connectivity index (χ1n) is 6.98. The van der Waals surface area contributed by atoms with Gasteiger partial charge in [-0.15, -0.1) is 0 Å². The summed E-state index contributed by atoms with van der Waals surface area (Å²) < 4.78 is 22.3. The molecule has 120 valence electrons. The number of rotatable bonds is 6. The highest BCUT2D eigenvalue weighted by Crippen LogP contribution is 2.03. The Bertz CT molecular complexity index is 645. The van der Waals surface area contributed by atoms with E-state index in [4.69, 9.17) is 5.26 Å².